The third-order valence-electron chi connectivity index (χ3n) is 5.22. The molecule has 0 radical (unpaired) electrons. The molecule has 1 atom stereocenters. The lowest BCUT2D eigenvalue weighted by atomic mass is 9.96. The monoisotopic (exact) mass is 420 g/mol. The first-order valence-electron chi connectivity index (χ1n) is 9.50. The van der Waals surface area contributed by atoms with Crippen molar-refractivity contribution >= 4 is 29.1 Å². The van der Waals surface area contributed by atoms with Crippen LogP contribution in [0.3, 0.4) is 0 Å². The summed E-state index contributed by atoms with van der Waals surface area (Å²) in [7, 11) is 3.53. The molecule has 1 fully saturated rings. The smallest absolute Gasteiger partial charge is 0.227 e. The topological polar surface area (TPSA) is 32.8 Å². The van der Waals surface area contributed by atoms with Gasteiger partial charge in [0.25, 0.3) is 0 Å². The highest BCUT2D eigenvalue weighted by atomic mass is 35.5. The number of halogens is 2. The average Bonchev–Trinajstić information content (AvgIpc) is 2.70. The summed E-state index contributed by atoms with van der Waals surface area (Å²) >= 11 is 12.3. The molecule has 0 aromatic heterocycles. The van der Waals surface area contributed by atoms with Crippen molar-refractivity contribution in [2.75, 3.05) is 27.2 Å². The Labute approximate surface area is 177 Å². The van der Waals surface area contributed by atoms with Crippen molar-refractivity contribution in [3.05, 3.63) is 63.6 Å². The number of methoxy groups -OCH3 is 1. The highest BCUT2D eigenvalue weighted by Gasteiger charge is 2.28. The van der Waals surface area contributed by atoms with E-state index in [4.69, 9.17) is 27.9 Å². The van der Waals surface area contributed by atoms with Crippen molar-refractivity contribution in [3.63, 3.8) is 0 Å². The Balaban J connectivity index is 1.58. The molecular formula is C22H26Cl2N2O2. The Morgan fingerprint density at radius 3 is 2.64 bits per heavy atom. The van der Waals surface area contributed by atoms with Crippen molar-refractivity contribution in [1.29, 1.82) is 0 Å². The quantitative estimate of drug-likeness (QED) is 0.667. The number of amides is 1. The molecule has 28 heavy (non-hydrogen) atoms. The Morgan fingerprint density at radius 1 is 1.21 bits per heavy atom. The van der Waals surface area contributed by atoms with Crippen molar-refractivity contribution < 1.29 is 9.53 Å². The Hall–Kier alpha value is -1.75. The predicted molar refractivity (Wildman–Crippen MR) is 114 cm³/mol. The summed E-state index contributed by atoms with van der Waals surface area (Å²) in [6, 6.07) is 13.4. The molecule has 0 unspecified atom stereocenters. The number of hydrogen-bond donors (Lipinski definition) is 0. The van der Waals surface area contributed by atoms with Gasteiger partial charge in [-0.15, -0.1) is 0 Å². The van der Waals surface area contributed by atoms with E-state index in [1.807, 2.05) is 48.3 Å². The number of piperidine rings is 1. The summed E-state index contributed by atoms with van der Waals surface area (Å²) in [5, 5.41) is 1.32. The van der Waals surface area contributed by atoms with Gasteiger partial charge in [0.2, 0.25) is 5.91 Å². The molecular weight excluding hydrogens is 395 g/mol. The van der Waals surface area contributed by atoms with Crippen LogP contribution in [0.25, 0.3) is 0 Å². The first-order valence-corrected chi connectivity index (χ1v) is 10.3. The fraction of sp³-hybridized carbons (Fsp3) is 0.409. The Bertz CT molecular complexity index is 811. The fourth-order valence-corrected chi connectivity index (χ4v) is 4.15. The summed E-state index contributed by atoms with van der Waals surface area (Å²) in [5.41, 5.74) is 2.14. The van der Waals surface area contributed by atoms with Crippen LogP contribution in [-0.2, 0) is 17.9 Å². The Kier molecular flexibility index (Phi) is 7.22. The van der Waals surface area contributed by atoms with E-state index in [9.17, 15) is 4.79 Å². The fourth-order valence-electron chi connectivity index (χ4n) is 3.69. The second-order valence-electron chi connectivity index (χ2n) is 7.35. The minimum absolute atomic E-state index is 0.0167. The standard InChI is InChI=1S/C22H26Cl2N2O2/c1-25(13-16-5-9-20(28-2)10-6-16)22(27)18-4-3-11-26(15-18)14-17-7-8-19(23)12-21(17)24/h5-10,12,18H,3-4,11,13-15H2,1-2H3/t18-/m1/s1. The van der Waals surface area contributed by atoms with Gasteiger partial charge in [-0.3, -0.25) is 9.69 Å². The van der Waals surface area contributed by atoms with E-state index in [1.165, 1.54) is 0 Å². The maximum absolute atomic E-state index is 13.0. The molecule has 1 amide bonds. The number of benzene rings is 2. The lowest BCUT2D eigenvalue weighted by molar-refractivity contribution is -0.136. The second kappa shape index (κ2) is 9.64. The normalized spacial score (nSPS) is 17.4. The predicted octanol–water partition coefficient (Wildman–Crippen LogP) is 4.87. The van der Waals surface area contributed by atoms with E-state index in [0.29, 0.717) is 16.6 Å². The first kappa shape index (κ1) is 21.0. The van der Waals surface area contributed by atoms with Crippen LogP contribution < -0.4 is 4.74 Å². The van der Waals surface area contributed by atoms with Crippen LogP contribution in [0.5, 0.6) is 5.75 Å². The molecule has 3 rings (SSSR count). The van der Waals surface area contributed by atoms with Gasteiger partial charge in [-0.1, -0.05) is 41.4 Å². The number of carbonyl (C=O) groups excluding carboxylic acids is 1. The summed E-state index contributed by atoms with van der Waals surface area (Å²) in [5.74, 6) is 1.03. The van der Waals surface area contributed by atoms with E-state index in [-0.39, 0.29) is 11.8 Å². The van der Waals surface area contributed by atoms with Crippen LogP contribution in [0.15, 0.2) is 42.5 Å². The zero-order chi connectivity index (χ0) is 20.1. The van der Waals surface area contributed by atoms with Gasteiger partial charge < -0.3 is 9.64 Å². The SMILES string of the molecule is COc1ccc(CN(C)C(=O)[C@@H]2CCCN(Cc3ccc(Cl)cc3Cl)C2)cc1. The molecule has 1 aliphatic rings. The van der Waals surface area contributed by atoms with Gasteiger partial charge in [-0.25, -0.2) is 0 Å². The van der Waals surface area contributed by atoms with Crippen LogP contribution in [0.2, 0.25) is 10.0 Å². The molecule has 1 saturated heterocycles. The van der Waals surface area contributed by atoms with Crippen molar-refractivity contribution in [2.45, 2.75) is 25.9 Å². The number of nitrogens with zero attached hydrogens (tertiary/aromatic N) is 2. The molecule has 2 aromatic carbocycles. The number of rotatable bonds is 6. The van der Waals surface area contributed by atoms with E-state index in [2.05, 4.69) is 4.90 Å². The molecule has 150 valence electrons. The van der Waals surface area contributed by atoms with E-state index < -0.39 is 0 Å². The van der Waals surface area contributed by atoms with Crippen molar-refractivity contribution in [1.82, 2.24) is 9.80 Å². The molecule has 0 N–H and O–H groups in total. The first-order chi connectivity index (χ1) is 13.5. The third kappa shape index (κ3) is 5.40. The summed E-state index contributed by atoms with van der Waals surface area (Å²) in [6.45, 7) is 3.07. The molecule has 0 aliphatic carbocycles. The molecule has 1 heterocycles. The number of ether oxygens (including phenoxy) is 1. The van der Waals surface area contributed by atoms with E-state index >= 15 is 0 Å². The lowest BCUT2D eigenvalue weighted by Crippen LogP contribution is -2.43. The molecule has 1 aliphatic heterocycles. The second-order valence-corrected chi connectivity index (χ2v) is 8.20. The highest BCUT2D eigenvalue weighted by molar-refractivity contribution is 6.35. The minimum atomic E-state index is 0.0167. The van der Waals surface area contributed by atoms with Gasteiger partial charge in [-0.05, 0) is 54.8 Å². The average molecular weight is 421 g/mol. The van der Waals surface area contributed by atoms with E-state index in [0.717, 1.165) is 49.4 Å². The van der Waals surface area contributed by atoms with Crippen LogP contribution in [0.4, 0.5) is 0 Å². The number of likely N-dealkylation sites (tertiary alicyclic amines) is 1. The number of carbonyl (C=O) groups is 1. The van der Waals surface area contributed by atoms with Gasteiger partial charge in [0, 0.05) is 36.7 Å². The van der Waals surface area contributed by atoms with Crippen molar-refractivity contribution in [2.24, 2.45) is 5.92 Å². The zero-order valence-electron chi connectivity index (χ0n) is 16.3. The summed E-state index contributed by atoms with van der Waals surface area (Å²) in [6.07, 6.45) is 1.94. The molecule has 2 aromatic rings. The van der Waals surface area contributed by atoms with Crippen LogP contribution in [0, 0.1) is 5.92 Å². The molecule has 0 spiro atoms. The van der Waals surface area contributed by atoms with Gasteiger partial charge in [0.1, 0.15) is 5.75 Å². The van der Waals surface area contributed by atoms with Gasteiger partial charge in [0.15, 0.2) is 0 Å². The minimum Gasteiger partial charge on any atom is -0.497 e. The summed E-state index contributed by atoms with van der Waals surface area (Å²) < 4.78 is 5.19. The van der Waals surface area contributed by atoms with E-state index in [1.54, 1.807) is 13.2 Å². The molecule has 0 saturated carbocycles. The Morgan fingerprint density at radius 2 is 1.96 bits per heavy atom. The van der Waals surface area contributed by atoms with Gasteiger partial charge >= 0.3 is 0 Å². The lowest BCUT2D eigenvalue weighted by Gasteiger charge is -2.34. The largest absolute Gasteiger partial charge is 0.497 e. The van der Waals surface area contributed by atoms with Crippen molar-refractivity contribution in [3.8, 4) is 5.75 Å². The summed E-state index contributed by atoms with van der Waals surface area (Å²) in [4.78, 5) is 17.1. The van der Waals surface area contributed by atoms with Gasteiger partial charge in [0.05, 0.1) is 13.0 Å². The maximum Gasteiger partial charge on any atom is 0.227 e. The van der Waals surface area contributed by atoms with Crippen LogP contribution in [0.1, 0.15) is 24.0 Å². The number of hydrogen-bond acceptors (Lipinski definition) is 3. The highest BCUT2D eigenvalue weighted by Crippen LogP contribution is 2.26. The molecule has 4 nitrogen and oxygen atoms in total. The van der Waals surface area contributed by atoms with Crippen LogP contribution >= 0.6 is 23.2 Å². The zero-order valence-corrected chi connectivity index (χ0v) is 17.8. The third-order valence-corrected chi connectivity index (χ3v) is 5.81. The maximum atomic E-state index is 13.0. The molecule has 0 bridgehead atoms. The van der Waals surface area contributed by atoms with Crippen LogP contribution in [-0.4, -0.2) is 43.0 Å². The van der Waals surface area contributed by atoms with Gasteiger partial charge in [-0.2, -0.15) is 0 Å². The molecule has 6 heteroatoms.